The summed E-state index contributed by atoms with van der Waals surface area (Å²) in [5.74, 6) is 2.86. The van der Waals surface area contributed by atoms with Crippen LogP contribution in [0.1, 0.15) is 56.1 Å². The van der Waals surface area contributed by atoms with Crippen LogP contribution in [0.5, 0.6) is 17.2 Å². The van der Waals surface area contributed by atoms with Gasteiger partial charge in [-0.1, -0.05) is 31.4 Å². The van der Waals surface area contributed by atoms with E-state index in [9.17, 15) is 0 Å². The van der Waals surface area contributed by atoms with E-state index in [0.29, 0.717) is 37.2 Å². The largest absolute Gasteiger partial charge is 0.490 e. The van der Waals surface area contributed by atoms with Gasteiger partial charge in [-0.05, 0) is 77.0 Å². The highest BCUT2D eigenvalue weighted by atomic mass is 79.9. The highest BCUT2D eigenvalue weighted by Gasteiger charge is 2.15. The van der Waals surface area contributed by atoms with E-state index in [0.717, 1.165) is 15.8 Å². The van der Waals surface area contributed by atoms with Gasteiger partial charge in [-0.3, -0.25) is 0 Å². The monoisotopic (exact) mass is 512 g/mol. The molecule has 1 saturated carbocycles. The van der Waals surface area contributed by atoms with Crippen molar-refractivity contribution in [2.45, 2.75) is 44.9 Å². The molecule has 0 bridgehead atoms. The number of rotatable bonds is 10. The summed E-state index contributed by atoms with van der Waals surface area (Å²) in [7, 11) is 0. The molecule has 33 heavy (non-hydrogen) atoms. The van der Waals surface area contributed by atoms with Crippen molar-refractivity contribution in [2.24, 2.45) is 5.10 Å². The molecule has 1 aliphatic carbocycles. The number of benzene rings is 2. The van der Waals surface area contributed by atoms with Gasteiger partial charge in [-0.2, -0.15) is 5.10 Å². The number of aromatic nitrogens is 3. The Morgan fingerprint density at radius 3 is 2.45 bits per heavy atom. The average Bonchev–Trinajstić information content (AvgIpc) is 3.37. The third-order valence-corrected chi connectivity index (χ3v) is 6.22. The molecule has 1 aliphatic rings. The Labute approximate surface area is 202 Å². The lowest BCUT2D eigenvalue weighted by atomic mass is 9.84. The quantitative estimate of drug-likeness (QED) is 0.252. The topological polar surface area (TPSA) is 70.8 Å². The smallest absolute Gasteiger partial charge is 0.175 e. The van der Waals surface area contributed by atoms with Crippen LogP contribution in [0, 0.1) is 0 Å². The highest BCUT2D eigenvalue weighted by Crippen LogP contribution is 2.37. The first-order valence-corrected chi connectivity index (χ1v) is 12.2. The minimum atomic E-state index is 0.400. The summed E-state index contributed by atoms with van der Waals surface area (Å²) in [6.07, 6.45) is 11.4. The maximum atomic E-state index is 6.00. The van der Waals surface area contributed by atoms with Crippen LogP contribution in [0.25, 0.3) is 0 Å². The molecule has 0 unspecified atom stereocenters. The normalized spacial score (nSPS) is 14.5. The Bertz CT molecular complexity index is 1030. The van der Waals surface area contributed by atoms with E-state index in [-0.39, 0.29) is 0 Å². The molecule has 0 atom stereocenters. The summed E-state index contributed by atoms with van der Waals surface area (Å²) in [4.78, 5) is 0. The molecule has 2 aromatic carbocycles. The van der Waals surface area contributed by atoms with Gasteiger partial charge in [0.2, 0.25) is 0 Å². The van der Waals surface area contributed by atoms with E-state index in [4.69, 9.17) is 14.2 Å². The first kappa shape index (κ1) is 23.3. The third-order valence-electron chi connectivity index (χ3n) is 5.63. The second-order valence-corrected chi connectivity index (χ2v) is 8.80. The molecule has 8 heteroatoms. The molecular formula is C25H29BrN4O3. The molecule has 0 saturated heterocycles. The van der Waals surface area contributed by atoms with Crippen molar-refractivity contribution in [1.82, 2.24) is 14.9 Å². The van der Waals surface area contributed by atoms with Crippen LogP contribution in [0.3, 0.4) is 0 Å². The van der Waals surface area contributed by atoms with E-state index >= 15 is 0 Å². The molecule has 1 aromatic heterocycles. The highest BCUT2D eigenvalue weighted by molar-refractivity contribution is 9.10. The Hall–Kier alpha value is -2.87. The van der Waals surface area contributed by atoms with Crippen LogP contribution in [0.4, 0.5) is 0 Å². The lowest BCUT2D eigenvalue weighted by Crippen LogP contribution is -2.10. The van der Waals surface area contributed by atoms with Crippen LogP contribution in [0.15, 0.2) is 58.6 Å². The molecule has 0 spiro atoms. The molecule has 0 N–H and O–H groups in total. The Balaban J connectivity index is 1.32. The maximum absolute atomic E-state index is 6.00. The van der Waals surface area contributed by atoms with Crippen LogP contribution in [-0.4, -0.2) is 40.9 Å². The molecule has 1 heterocycles. The molecule has 0 radical (unpaired) electrons. The standard InChI is InChI=1S/C25H29BrN4O3/c1-2-31-24-15-19(16-29-30-17-27-28-18-30)14-23(26)25(24)33-13-12-32-22-10-8-21(9-11-22)20-6-4-3-5-7-20/h8-11,14-18,20H,2-7,12-13H2,1H3/b29-16+. The summed E-state index contributed by atoms with van der Waals surface area (Å²) >= 11 is 3.59. The Kier molecular flexibility index (Phi) is 8.35. The molecule has 0 amide bonds. The van der Waals surface area contributed by atoms with Crippen molar-refractivity contribution in [3.8, 4) is 17.2 Å². The minimum absolute atomic E-state index is 0.400. The van der Waals surface area contributed by atoms with Crippen molar-refractivity contribution < 1.29 is 14.2 Å². The van der Waals surface area contributed by atoms with Crippen LogP contribution >= 0.6 is 15.9 Å². The summed E-state index contributed by atoms with van der Waals surface area (Å²) < 4.78 is 20.0. The van der Waals surface area contributed by atoms with Crippen molar-refractivity contribution in [3.05, 3.63) is 64.7 Å². The maximum Gasteiger partial charge on any atom is 0.175 e. The van der Waals surface area contributed by atoms with Crippen molar-refractivity contribution in [2.75, 3.05) is 19.8 Å². The third kappa shape index (κ3) is 6.57. The van der Waals surface area contributed by atoms with Crippen LogP contribution in [-0.2, 0) is 0 Å². The van der Waals surface area contributed by atoms with Crippen LogP contribution < -0.4 is 14.2 Å². The van der Waals surface area contributed by atoms with E-state index < -0.39 is 0 Å². The van der Waals surface area contributed by atoms with Gasteiger partial charge in [-0.25, -0.2) is 4.68 Å². The van der Waals surface area contributed by atoms with E-state index in [2.05, 4.69) is 55.5 Å². The number of hydrogen-bond donors (Lipinski definition) is 0. The number of nitrogens with zero attached hydrogens (tertiary/aromatic N) is 4. The van der Waals surface area contributed by atoms with Gasteiger partial charge < -0.3 is 14.2 Å². The lowest BCUT2D eigenvalue weighted by Gasteiger charge is -2.22. The lowest BCUT2D eigenvalue weighted by molar-refractivity contribution is 0.207. The van der Waals surface area contributed by atoms with Gasteiger partial charge in [0, 0.05) is 0 Å². The van der Waals surface area contributed by atoms with E-state index in [1.165, 1.54) is 55.0 Å². The van der Waals surface area contributed by atoms with E-state index in [1.54, 1.807) is 6.21 Å². The Morgan fingerprint density at radius 2 is 1.73 bits per heavy atom. The van der Waals surface area contributed by atoms with Crippen molar-refractivity contribution in [1.29, 1.82) is 0 Å². The molecule has 7 nitrogen and oxygen atoms in total. The predicted molar refractivity (Wildman–Crippen MR) is 132 cm³/mol. The van der Waals surface area contributed by atoms with E-state index in [1.807, 2.05) is 19.1 Å². The van der Waals surface area contributed by atoms with Crippen molar-refractivity contribution >= 4 is 22.1 Å². The van der Waals surface area contributed by atoms with Crippen LogP contribution in [0.2, 0.25) is 0 Å². The molecule has 174 valence electrons. The van der Waals surface area contributed by atoms with Gasteiger partial charge >= 0.3 is 0 Å². The van der Waals surface area contributed by atoms with Gasteiger partial charge in [0.25, 0.3) is 0 Å². The molecule has 3 aromatic rings. The predicted octanol–water partition coefficient (Wildman–Crippen LogP) is 5.83. The number of ether oxygens (including phenoxy) is 3. The second-order valence-electron chi connectivity index (χ2n) is 7.95. The van der Waals surface area contributed by atoms with Crippen molar-refractivity contribution in [3.63, 3.8) is 0 Å². The summed E-state index contributed by atoms with van der Waals surface area (Å²) in [6, 6.07) is 12.4. The number of halogens is 1. The zero-order valence-corrected chi connectivity index (χ0v) is 20.4. The number of hydrogen-bond acceptors (Lipinski definition) is 6. The fraction of sp³-hybridized carbons (Fsp3) is 0.400. The zero-order chi connectivity index (χ0) is 22.9. The van der Waals surface area contributed by atoms with Gasteiger partial charge in [-0.15, -0.1) is 10.2 Å². The summed E-state index contributed by atoms with van der Waals surface area (Å²) in [6.45, 7) is 3.31. The summed E-state index contributed by atoms with van der Waals surface area (Å²) in [5.41, 5.74) is 2.29. The van der Waals surface area contributed by atoms with Gasteiger partial charge in [0.15, 0.2) is 11.5 Å². The zero-order valence-electron chi connectivity index (χ0n) is 18.8. The summed E-state index contributed by atoms with van der Waals surface area (Å²) in [5, 5.41) is 11.8. The molecule has 4 rings (SSSR count). The second kappa shape index (κ2) is 11.8. The first-order chi connectivity index (χ1) is 16.2. The van der Waals surface area contributed by atoms with Gasteiger partial charge in [0.05, 0.1) is 17.3 Å². The van der Waals surface area contributed by atoms with Gasteiger partial charge in [0.1, 0.15) is 31.6 Å². The fourth-order valence-corrected chi connectivity index (χ4v) is 4.60. The molecule has 0 aliphatic heterocycles. The fourth-order valence-electron chi connectivity index (χ4n) is 4.03. The SMILES string of the molecule is CCOc1cc(/C=N/n2cnnc2)cc(Br)c1OCCOc1ccc(C2CCCCC2)cc1. The minimum Gasteiger partial charge on any atom is -0.490 e. The Morgan fingerprint density at radius 1 is 1.00 bits per heavy atom. The average molecular weight is 513 g/mol. The molecule has 1 fully saturated rings. The first-order valence-electron chi connectivity index (χ1n) is 11.4. The molecular weight excluding hydrogens is 484 g/mol.